The fourth-order valence-electron chi connectivity index (χ4n) is 3.06. The number of aryl methyl sites for hydroxylation is 2. The Morgan fingerprint density at radius 1 is 1.28 bits per heavy atom. The van der Waals surface area contributed by atoms with Crippen molar-refractivity contribution in [3.05, 3.63) is 41.2 Å². The van der Waals surface area contributed by atoms with E-state index in [-0.39, 0.29) is 11.9 Å². The number of benzene rings is 1. The number of hydrogen-bond donors (Lipinski definition) is 1. The molecule has 0 aliphatic carbocycles. The lowest BCUT2D eigenvalue weighted by Crippen LogP contribution is -2.51. The normalized spacial score (nSPS) is 14.3. The third-order valence-corrected chi connectivity index (χ3v) is 4.33. The Hall–Kier alpha value is -2.54. The van der Waals surface area contributed by atoms with E-state index in [0.29, 0.717) is 43.3 Å². The zero-order valence-corrected chi connectivity index (χ0v) is 14.9. The van der Waals surface area contributed by atoms with Gasteiger partial charge in [-0.2, -0.15) is 5.10 Å². The quantitative estimate of drug-likeness (QED) is 0.859. The number of hydrogen-bond acceptors (Lipinski definition) is 5. The maximum Gasteiger partial charge on any atom is 0.254 e. The smallest absolute Gasteiger partial charge is 0.254 e. The summed E-state index contributed by atoms with van der Waals surface area (Å²) < 4.78 is 12.8. The molecular weight excluding hydrogens is 320 g/mol. The van der Waals surface area contributed by atoms with Gasteiger partial charge in [0.05, 0.1) is 18.8 Å². The average Bonchev–Trinajstić information content (AvgIpc) is 2.89. The molecule has 1 saturated heterocycles. The van der Waals surface area contributed by atoms with Crippen molar-refractivity contribution in [3.8, 4) is 11.5 Å². The molecule has 1 fully saturated rings. The molecule has 7 heteroatoms. The lowest BCUT2D eigenvalue weighted by atomic mass is 10.1. The van der Waals surface area contributed by atoms with Crippen molar-refractivity contribution in [1.29, 1.82) is 0 Å². The van der Waals surface area contributed by atoms with Gasteiger partial charge in [0.2, 0.25) is 0 Å². The van der Waals surface area contributed by atoms with Gasteiger partial charge in [0, 0.05) is 30.9 Å². The van der Waals surface area contributed by atoms with Crippen LogP contribution in [0.2, 0.25) is 0 Å². The number of ether oxygens (including phenoxy) is 2. The van der Waals surface area contributed by atoms with Crippen LogP contribution in [0, 0.1) is 13.8 Å². The molecule has 0 radical (unpaired) electrons. The summed E-state index contributed by atoms with van der Waals surface area (Å²) in [7, 11) is 1.56. The first-order valence-electron chi connectivity index (χ1n) is 8.36. The number of likely N-dealkylation sites (tertiary alicyclic amines) is 1. The van der Waals surface area contributed by atoms with Crippen molar-refractivity contribution < 1.29 is 14.3 Å². The predicted octanol–water partition coefficient (Wildman–Crippen LogP) is 1.54. The van der Waals surface area contributed by atoms with Crippen molar-refractivity contribution >= 4 is 5.91 Å². The molecule has 1 amide bonds. The maximum atomic E-state index is 12.7. The molecular formula is C18H24N4O3. The summed E-state index contributed by atoms with van der Waals surface area (Å²) >= 11 is 0. The van der Waals surface area contributed by atoms with Crippen LogP contribution >= 0.6 is 0 Å². The summed E-state index contributed by atoms with van der Waals surface area (Å²) in [5.74, 6) is 1.12. The van der Waals surface area contributed by atoms with Gasteiger partial charge in [-0.25, -0.2) is 0 Å². The second-order valence-corrected chi connectivity index (χ2v) is 6.24. The second kappa shape index (κ2) is 7.14. The van der Waals surface area contributed by atoms with Crippen molar-refractivity contribution in [1.82, 2.24) is 14.7 Å². The highest BCUT2D eigenvalue weighted by Gasteiger charge is 2.34. The molecule has 134 valence electrons. The SMILES string of the molecule is COc1cc(C(=O)N2CC(n3nc(C)cc3C)C2)ccc1OCCN. The van der Waals surface area contributed by atoms with Crippen LogP contribution in [0.25, 0.3) is 0 Å². The number of carbonyl (C=O) groups excluding carboxylic acids is 1. The first kappa shape index (κ1) is 17.3. The standard InChI is InChI=1S/C18H24N4O3/c1-12-8-13(2)22(20-12)15-10-21(11-15)18(23)14-4-5-16(25-7-6-19)17(9-14)24-3/h4-5,8-9,15H,6-7,10-11,19H2,1-3H3. The highest BCUT2D eigenvalue weighted by Crippen LogP contribution is 2.30. The number of nitrogens with two attached hydrogens (primary N) is 1. The Kier molecular flexibility index (Phi) is 4.94. The fourth-order valence-corrected chi connectivity index (χ4v) is 3.06. The van der Waals surface area contributed by atoms with Crippen LogP contribution in [0.1, 0.15) is 27.8 Å². The molecule has 1 aliphatic rings. The van der Waals surface area contributed by atoms with Gasteiger partial charge in [-0.05, 0) is 38.1 Å². The van der Waals surface area contributed by atoms with E-state index in [9.17, 15) is 4.79 Å². The van der Waals surface area contributed by atoms with E-state index >= 15 is 0 Å². The molecule has 7 nitrogen and oxygen atoms in total. The third kappa shape index (κ3) is 3.46. The van der Waals surface area contributed by atoms with Crippen molar-refractivity contribution in [2.45, 2.75) is 19.9 Å². The van der Waals surface area contributed by atoms with Gasteiger partial charge in [-0.1, -0.05) is 0 Å². The summed E-state index contributed by atoms with van der Waals surface area (Å²) in [4.78, 5) is 14.5. The van der Waals surface area contributed by atoms with E-state index < -0.39 is 0 Å². The largest absolute Gasteiger partial charge is 0.493 e. The van der Waals surface area contributed by atoms with Crippen LogP contribution in [0.15, 0.2) is 24.3 Å². The molecule has 0 saturated carbocycles. The van der Waals surface area contributed by atoms with E-state index in [4.69, 9.17) is 15.2 Å². The number of methoxy groups -OCH3 is 1. The zero-order valence-electron chi connectivity index (χ0n) is 14.9. The Labute approximate surface area is 147 Å². The summed E-state index contributed by atoms with van der Waals surface area (Å²) in [6.07, 6.45) is 0. The molecule has 1 aromatic carbocycles. The molecule has 0 bridgehead atoms. The summed E-state index contributed by atoms with van der Waals surface area (Å²) in [5, 5.41) is 4.50. The first-order chi connectivity index (χ1) is 12.0. The Morgan fingerprint density at radius 3 is 2.64 bits per heavy atom. The summed E-state index contributed by atoms with van der Waals surface area (Å²) in [5.41, 5.74) is 8.16. The second-order valence-electron chi connectivity index (χ2n) is 6.24. The van der Waals surface area contributed by atoms with Gasteiger partial charge in [0.15, 0.2) is 11.5 Å². The van der Waals surface area contributed by atoms with Gasteiger partial charge < -0.3 is 20.1 Å². The van der Waals surface area contributed by atoms with E-state index in [2.05, 4.69) is 11.2 Å². The van der Waals surface area contributed by atoms with Crippen molar-refractivity contribution in [3.63, 3.8) is 0 Å². The van der Waals surface area contributed by atoms with Crippen LogP contribution in [-0.4, -0.2) is 53.9 Å². The lowest BCUT2D eigenvalue weighted by Gasteiger charge is -2.39. The molecule has 25 heavy (non-hydrogen) atoms. The van der Waals surface area contributed by atoms with Gasteiger partial charge in [0.1, 0.15) is 6.61 Å². The van der Waals surface area contributed by atoms with E-state index in [1.165, 1.54) is 0 Å². The molecule has 2 heterocycles. The van der Waals surface area contributed by atoms with Gasteiger partial charge in [0.25, 0.3) is 5.91 Å². The van der Waals surface area contributed by atoms with Gasteiger partial charge in [-0.15, -0.1) is 0 Å². The highest BCUT2D eigenvalue weighted by atomic mass is 16.5. The molecule has 0 spiro atoms. The predicted molar refractivity (Wildman–Crippen MR) is 94.2 cm³/mol. The van der Waals surface area contributed by atoms with Crippen molar-refractivity contribution in [2.24, 2.45) is 5.73 Å². The summed E-state index contributed by atoms with van der Waals surface area (Å²) in [6.45, 7) is 6.16. The Bertz CT molecular complexity index is 766. The number of aromatic nitrogens is 2. The minimum Gasteiger partial charge on any atom is -0.493 e. The number of rotatable bonds is 6. The molecule has 0 atom stereocenters. The molecule has 0 unspecified atom stereocenters. The van der Waals surface area contributed by atoms with Crippen molar-refractivity contribution in [2.75, 3.05) is 33.4 Å². The number of amides is 1. The minimum atomic E-state index is -0.0125. The highest BCUT2D eigenvalue weighted by molar-refractivity contribution is 5.95. The lowest BCUT2D eigenvalue weighted by molar-refractivity contribution is 0.0497. The molecule has 2 N–H and O–H groups in total. The minimum absolute atomic E-state index is 0.0125. The number of nitrogens with zero attached hydrogens (tertiary/aromatic N) is 3. The van der Waals surface area contributed by atoms with Crippen LogP contribution in [0.4, 0.5) is 0 Å². The molecule has 1 aliphatic heterocycles. The molecule has 1 aromatic heterocycles. The monoisotopic (exact) mass is 344 g/mol. The van der Waals surface area contributed by atoms with Gasteiger partial charge in [-0.3, -0.25) is 9.48 Å². The zero-order chi connectivity index (χ0) is 18.0. The maximum absolute atomic E-state index is 12.7. The van der Waals surface area contributed by atoms with Crippen LogP contribution in [-0.2, 0) is 0 Å². The van der Waals surface area contributed by atoms with Crippen LogP contribution in [0.5, 0.6) is 11.5 Å². The Balaban J connectivity index is 1.67. The topological polar surface area (TPSA) is 82.6 Å². The number of carbonyl (C=O) groups is 1. The third-order valence-electron chi connectivity index (χ3n) is 4.33. The Morgan fingerprint density at radius 2 is 2.04 bits per heavy atom. The van der Waals surface area contributed by atoms with E-state index in [1.807, 2.05) is 23.4 Å². The fraction of sp³-hybridized carbons (Fsp3) is 0.444. The van der Waals surface area contributed by atoms with Gasteiger partial charge >= 0.3 is 0 Å². The summed E-state index contributed by atoms with van der Waals surface area (Å²) in [6, 6.07) is 7.51. The average molecular weight is 344 g/mol. The molecule has 2 aromatic rings. The van der Waals surface area contributed by atoms with Crippen LogP contribution < -0.4 is 15.2 Å². The molecule has 3 rings (SSSR count). The van der Waals surface area contributed by atoms with Crippen LogP contribution in [0.3, 0.4) is 0 Å². The van der Waals surface area contributed by atoms with E-state index in [0.717, 1.165) is 11.4 Å². The van der Waals surface area contributed by atoms with E-state index in [1.54, 1.807) is 25.3 Å². The first-order valence-corrected chi connectivity index (χ1v) is 8.36.